The second kappa shape index (κ2) is 6.28. The topological polar surface area (TPSA) is 119 Å². The molecule has 26 heavy (non-hydrogen) atoms. The summed E-state index contributed by atoms with van der Waals surface area (Å²) in [6.45, 7) is 0. The summed E-state index contributed by atoms with van der Waals surface area (Å²) < 4.78 is 2.44. The Labute approximate surface area is 155 Å². The van der Waals surface area contributed by atoms with Crippen molar-refractivity contribution in [2.24, 2.45) is 0 Å². The number of hydrogen-bond donors (Lipinski definition) is 3. The van der Waals surface area contributed by atoms with Gasteiger partial charge in [0, 0.05) is 5.69 Å². The second-order valence-corrected chi connectivity index (χ2v) is 6.71. The van der Waals surface area contributed by atoms with Gasteiger partial charge in [0.05, 0.1) is 20.8 Å². The molecule has 0 atom stereocenters. The number of nitrogens with zero attached hydrogens (tertiary/aromatic N) is 4. The molecular formula is C16H11ClN6O2S. The molecule has 4 rings (SSSR count). The number of anilines is 3. The molecule has 8 nitrogen and oxygen atoms in total. The third kappa shape index (κ3) is 2.93. The number of aromatic carboxylic acids is 1. The first-order valence-electron chi connectivity index (χ1n) is 7.39. The van der Waals surface area contributed by atoms with Crippen LogP contribution in [0, 0.1) is 0 Å². The smallest absolute Gasteiger partial charge is 0.337 e. The van der Waals surface area contributed by atoms with E-state index in [-0.39, 0.29) is 22.5 Å². The highest BCUT2D eigenvalue weighted by molar-refractivity contribution is 7.20. The standard InChI is InChI=1S/C16H11ClN6O2S/c17-10-6-5-8(7-9(10)13(24)25)19-15-21-14(18)23(22-15)16-20-11-3-1-2-4-12(11)26-16/h1-7H,(H,24,25)(H3,18,19,21,22). The number of benzene rings is 2. The molecule has 0 unspecified atom stereocenters. The molecule has 0 bridgehead atoms. The number of para-hydroxylation sites is 1. The third-order valence-corrected chi connectivity index (χ3v) is 4.89. The van der Waals surface area contributed by atoms with E-state index in [1.54, 1.807) is 6.07 Å². The minimum atomic E-state index is -1.12. The lowest BCUT2D eigenvalue weighted by Gasteiger charge is -2.04. The largest absolute Gasteiger partial charge is 0.478 e. The Morgan fingerprint density at radius 3 is 2.81 bits per heavy atom. The monoisotopic (exact) mass is 386 g/mol. The lowest BCUT2D eigenvalue weighted by atomic mass is 10.2. The zero-order chi connectivity index (χ0) is 18.3. The number of aromatic nitrogens is 4. The van der Waals surface area contributed by atoms with E-state index in [4.69, 9.17) is 22.4 Å². The average molecular weight is 387 g/mol. The zero-order valence-electron chi connectivity index (χ0n) is 13.0. The number of fused-ring (bicyclic) bond motifs is 1. The molecule has 0 saturated carbocycles. The second-order valence-electron chi connectivity index (χ2n) is 5.29. The summed E-state index contributed by atoms with van der Waals surface area (Å²) in [6, 6.07) is 12.2. The van der Waals surface area contributed by atoms with Crippen molar-refractivity contribution in [3.8, 4) is 5.13 Å². The van der Waals surface area contributed by atoms with Crippen molar-refractivity contribution in [2.45, 2.75) is 0 Å². The van der Waals surface area contributed by atoms with Crippen molar-refractivity contribution in [3.05, 3.63) is 53.1 Å². The molecule has 4 N–H and O–H groups in total. The lowest BCUT2D eigenvalue weighted by molar-refractivity contribution is 0.0697. The van der Waals surface area contributed by atoms with Crippen molar-refractivity contribution in [1.29, 1.82) is 0 Å². The average Bonchev–Trinajstić information content (AvgIpc) is 3.19. The predicted molar refractivity (Wildman–Crippen MR) is 101 cm³/mol. The highest BCUT2D eigenvalue weighted by Crippen LogP contribution is 2.27. The number of carboxylic acid groups (broad SMARTS) is 1. The molecule has 2 heterocycles. The number of nitrogens with two attached hydrogens (primary N) is 1. The Hall–Kier alpha value is -3.17. The Morgan fingerprint density at radius 2 is 2.04 bits per heavy atom. The van der Waals surface area contributed by atoms with Crippen LogP contribution in [0.4, 0.5) is 17.6 Å². The summed E-state index contributed by atoms with van der Waals surface area (Å²) >= 11 is 7.31. The van der Waals surface area contributed by atoms with Crippen LogP contribution in [0.3, 0.4) is 0 Å². The molecule has 0 spiro atoms. The maximum Gasteiger partial charge on any atom is 0.337 e. The fraction of sp³-hybridized carbons (Fsp3) is 0. The number of rotatable bonds is 4. The van der Waals surface area contributed by atoms with Gasteiger partial charge in [-0.05, 0) is 30.3 Å². The van der Waals surface area contributed by atoms with Gasteiger partial charge in [0.1, 0.15) is 0 Å². The van der Waals surface area contributed by atoms with Gasteiger partial charge in [-0.15, -0.1) is 5.10 Å². The van der Waals surface area contributed by atoms with Crippen LogP contribution < -0.4 is 11.1 Å². The van der Waals surface area contributed by atoms with E-state index >= 15 is 0 Å². The highest BCUT2D eigenvalue weighted by Gasteiger charge is 2.14. The zero-order valence-corrected chi connectivity index (χ0v) is 14.6. The number of nitrogens with one attached hydrogen (secondary N) is 1. The van der Waals surface area contributed by atoms with Gasteiger partial charge in [0.25, 0.3) is 0 Å². The predicted octanol–water partition coefficient (Wildman–Crippen LogP) is 3.55. The molecule has 0 fully saturated rings. The van der Waals surface area contributed by atoms with E-state index in [0.29, 0.717) is 10.8 Å². The molecule has 10 heteroatoms. The van der Waals surface area contributed by atoms with Crippen LogP contribution >= 0.6 is 22.9 Å². The molecule has 4 aromatic rings. The van der Waals surface area contributed by atoms with E-state index < -0.39 is 5.97 Å². The van der Waals surface area contributed by atoms with Crippen LogP contribution in [0.5, 0.6) is 0 Å². The van der Waals surface area contributed by atoms with Gasteiger partial charge in [-0.25, -0.2) is 9.78 Å². The maximum atomic E-state index is 11.2. The SMILES string of the molecule is Nc1nc(Nc2ccc(Cl)c(C(=O)O)c2)nn1-c1nc2ccccc2s1. The van der Waals surface area contributed by atoms with Gasteiger partial charge in [-0.1, -0.05) is 35.1 Å². The molecule has 0 amide bonds. The van der Waals surface area contributed by atoms with Gasteiger partial charge in [0.2, 0.25) is 17.0 Å². The summed E-state index contributed by atoms with van der Waals surface area (Å²) in [6.07, 6.45) is 0. The summed E-state index contributed by atoms with van der Waals surface area (Å²) in [5, 5.41) is 17.1. The van der Waals surface area contributed by atoms with Gasteiger partial charge in [-0.3, -0.25) is 0 Å². The Bertz CT molecular complexity index is 1110. The first kappa shape index (κ1) is 16.3. The van der Waals surface area contributed by atoms with Crippen molar-refractivity contribution < 1.29 is 9.90 Å². The molecule has 2 aromatic heterocycles. The Morgan fingerprint density at radius 1 is 1.23 bits per heavy atom. The van der Waals surface area contributed by atoms with Gasteiger partial charge >= 0.3 is 5.97 Å². The number of nitrogen functional groups attached to an aromatic ring is 1. The molecule has 0 aliphatic rings. The summed E-state index contributed by atoms with van der Waals surface area (Å²) in [5.41, 5.74) is 7.26. The van der Waals surface area contributed by atoms with E-state index in [1.807, 2.05) is 24.3 Å². The molecular weight excluding hydrogens is 376 g/mol. The minimum Gasteiger partial charge on any atom is -0.478 e. The molecule has 0 aliphatic heterocycles. The third-order valence-electron chi connectivity index (χ3n) is 3.55. The van der Waals surface area contributed by atoms with Gasteiger partial charge in [-0.2, -0.15) is 9.67 Å². The van der Waals surface area contributed by atoms with E-state index in [9.17, 15) is 4.79 Å². The van der Waals surface area contributed by atoms with Crippen LogP contribution in [0.1, 0.15) is 10.4 Å². The normalized spacial score (nSPS) is 11.0. The van der Waals surface area contributed by atoms with E-state index in [1.165, 1.54) is 28.2 Å². The molecule has 130 valence electrons. The molecule has 0 saturated heterocycles. The van der Waals surface area contributed by atoms with Crippen LogP contribution in [-0.4, -0.2) is 30.8 Å². The van der Waals surface area contributed by atoms with Gasteiger partial charge < -0.3 is 16.2 Å². The number of hydrogen-bond acceptors (Lipinski definition) is 7. The van der Waals surface area contributed by atoms with E-state index in [2.05, 4.69) is 20.4 Å². The summed E-state index contributed by atoms with van der Waals surface area (Å²) in [4.78, 5) is 19.8. The lowest BCUT2D eigenvalue weighted by Crippen LogP contribution is -2.02. The fourth-order valence-corrected chi connectivity index (χ4v) is 3.49. The molecule has 0 radical (unpaired) electrons. The highest BCUT2D eigenvalue weighted by atomic mass is 35.5. The molecule has 2 aromatic carbocycles. The number of carboxylic acids is 1. The van der Waals surface area contributed by atoms with Crippen LogP contribution in [0.25, 0.3) is 15.3 Å². The summed E-state index contributed by atoms with van der Waals surface area (Å²) in [5.74, 6) is -0.731. The Balaban J connectivity index is 1.66. The van der Waals surface area contributed by atoms with E-state index in [0.717, 1.165) is 10.2 Å². The number of carbonyl (C=O) groups is 1. The van der Waals surface area contributed by atoms with Crippen LogP contribution in [0.2, 0.25) is 5.02 Å². The quantitative estimate of drug-likeness (QED) is 0.490. The number of thiazole rings is 1. The van der Waals surface area contributed by atoms with Crippen molar-refractivity contribution in [2.75, 3.05) is 11.1 Å². The number of halogens is 1. The van der Waals surface area contributed by atoms with Gasteiger partial charge in [0.15, 0.2) is 0 Å². The van der Waals surface area contributed by atoms with Crippen LogP contribution in [-0.2, 0) is 0 Å². The first-order chi connectivity index (χ1) is 12.5. The summed E-state index contributed by atoms with van der Waals surface area (Å²) in [7, 11) is 0. The first-order valence-corrected chi connectivity index (χ1v) is 8.59. The molecule has 0 aliphatic carbocycles. The minimum absolute atomic E-state index is 0.0183. The van der Waals surface area contributed by atoms with Crippen molar-refractivity contribution >= 4 is 56.7 Å². The fourth-order valence-electron chi connectivity index (χ4n) is 2.36. The maximum absolute atomic E-state index is 11.2. The van der Waals surface area contributed by atoms with Crippen molar-refractivity contribution in [1.82, 2.24) is 19.7 Å². The van der Waals surface area contributed by atoms with Crippen molar-refractivity contribution in [3.63, 3.8) is 0 Å². The van der Waals surface area contributed by atoms with Crippen LogP contribution in [0.15, 0.2) is 42.5 Å². The Kier molecular flexibility index (Phi) is 3.94.